The second-order valence-electron chi connectivity index (χ2n) is 6.46. The monoisotopic (exact) mass is 334 g/mol. The molecule has 1 saturated heterocycles. The first-order chi connectivity index (χ1) is 9.90. The van der Waals surface area contributed by atoms with Gasteiger partial charge >= 0.3 is 5.97 Å². The second-order valence-corrected chi connectivity index (χ2v) is 6.46. The Balaban J connectivity index is 0.00000441. The van der Waals surface area contributed by atoms with Gasteiger partial charge in [0.2, 0.25) is 5.91 Å². The molecule has 2 unspecified atom stereocenters. The molecule has 0 bridgehead atoms. The van der Waals surface area contributed by atoms with Gasteiger partial charge in [0.1, 0.15) is 0 Å². The molecule has 2 N–H and O–H groups in total. The molecule has 2 atom stereocenters. The van der Waals surface area contributed by atoms with Crippen LogP contribution in [0.4, 0.5) is 0 Å². The van der Waals surface area contributed by atoms with Gasteiger partial charge in [0, 0.05) is 13.0 Å². The number of amides is 1. The highest BCUT2D eigenvalue weighted by Crippen LogP contribution is 2.24. The number of carbonyl (C=O) groups is 2. The lowest BCUT2D eigenvalue weighted by molar-refractivity contribution is -0.151. The third kappa shape index (κ3) is 7.99. The first-order valence-corrected chi connectivity index (χ1v) is 8.08. The van der Waals surface area contributed by atoms with Gasteiger partial charge in [0.25, 0.3) is 0 Å². The molecule has 0 spiro atoms. The van der Waals surface area contributed by atoms with Crippen LogP contribution < -0.4 is 10.6 Å². The van der Waals surface area contributed by atoms with Gasteiger partial charge in [-0.15, -0.1) is 12.4 Å². The molecule has 1 aliphatic rings. The molecule has 1 aliphatic heterocycles. The Morgan fingerprint density at radius 3 is 2.32 bits per heavy atom. The highest BCUT2D eigenvalue weighted by atomic mass is 35.5. The fraction of sp³-hybridized carbons (Fsp3) is 0.875. The average molecular weight is 335 g/mol. The molecule has 0 aromatic carbocycles. The van der Waals surface area contributed by atoms with Crippen LogP contribution in [0.25, 0.3) is 0 Å². The summed E-state index contributed by atoms with van der Waals surface area (Å²) in [6, 6.07) is 0. The number of rotatable bonds is 7. The lowest BCUT2D eigenvalue weighted by atomic mass is 9.84. The molecule has 1 heterocycles. The minimum Gasteiger partial charge on any atom is -0.463 e. The summed E-state index contributed by atoms with van der Waals surface area (Å²) >= 11 is 0. The maximum absolute atomic E-state index is 12.0. The van der Waals surface area contributed by atoms with Crippen molar-refractivity contribution in [1.29, 1.82) is 0 Å². The van der Waals surface area contributed by atoms with Gasteiger partial charge in [-0.1, -0.05) is 13.8 Å². The molecule has 0 radical (unpaired) electrons. The van der Waals surface area contributed by atoms with E-state index < -0.39 is 0 Å². The van der Waals surface area contributed by atoms with Crippen molar-refractivity contribution in [2.45, 2.75) is 53.1 Å². The molecule has 0 aromatic heterocycles. The topological polar surface area (TPSA) is 67.4 Å². The Labute approximate surface area is 140 Å². The number of esters is 1. The molecule has 0 saturated carbocycles. The van der Waals surface area contributed by atoms with Crippen LogP contribution in [0, 0.1) is 17.8 Å². The van der Waals surface area contributed by atoms with E-state index in [-0.39, 0.29) is 36.3 Å². The third-order valence-electron chi connectivity index (χ3n) is 4.06. The van der Waals surface area contributed by atoms with Crippen LogP contribution in [0.15, 0.2) is 0 Å². The SMILES string of the molecule is CC(C)OC(=O)C(C)CNC(=O)CC(C)C1CCNCC1.Cl. The summed E-state index contributed by atoms with van der Waals surface area (Å²) in [6.07, 6.45) is 2.71. The van der Waals surface area contributed by atoms with Gasteiger partial charge in [0.15, 0.2) is 0 Å². The summed E-state index contributed by atoms with van der Waals surface area (Å²) in [5.74, 6) is 0.498. The summed E-state index contributed by atoms with van der Waals surface area (Å²) in [6.45, 7) is 10.0. The van der Waals surface area contributed by atoms with Gasteiger partial charge in [-0.3, -0.25) is 9.59 Å². The van der Waals surface area contributed by atoms with Crippen LogP contribution in [0.3, 0.4) is 0 Å². The van der Waals surface area contributed by atoms with Gasteiger partial charge in [-0.25, -0.2) is 0 Å². The molecule has 1 fully saturated rings. The van der Waals surface area contributed by atoms with E-state index in [0.717, 1.165) is 25.9 Å². The van der Waals surface area contributed by atoms with Crippen molar-refractivity contribution >= 4 is 24.3 Å². The van der Waals surface area contributed by atoms with E-state index in [1.54, 1.807) is 6.92 Å². The zero-order valence-electron chi connectivity index (χ0n) is 14.2. The van der Waals surface area contributed by atoms with Gasteiger partial charge in [0.05, 0.1) is 12.0 Å². The predicted molar refractivity (Wildman–Crippen MR) is 90.0 cm³/mol. The van der Waals surface area contributed by atoms with Gasteiger partial charge < -0.3 is 15.4 Å². The lowest BCUT2D eigenvalue weighted by Crippen LogP contribution is -2.36. The Hall–Kier alpha value is -0.810. The predicted octanol–water partition coefficient (Wildman–Crippen LogP) is 2.14. The maximum atomic E-state index is 12.0. The average Bonchev–Trinajstić information content (AvgIpc) is 2.44. The van der Waals surface area contributed by atoms with Crippen molar-refractivity contribution in [3.8, 4) is 0 Å². The van der Waals surface area contributed by atoms with Crippen LogP contribution >= 0.6 is 12.4 Å². The van der Waals surface area contributed by atoms with Crippen LogP contribution in [-0.4, -0.2) is 37.6 Å². The van der Waals surface area contributed by atoms with Crippen molar-refractivity contribution in [3.05, 3.63) is 0 Å². The van der Waals surface area contributed by atoms with Crippen LogP contribution in [0.5, 0.6) is 0 Å². The van der Waals surface area contributed by atoms with Crippen LogP contribution in [-0.2, 0) is 14.3 Å². The smallest absolute Gasteiger partial charge is 0.310 e. The summed E-state index contributed by atoms with van der Waals surface area (Å²) < 4.78 is 5.12. The lowest BCUT2D eigenvalue weighted by Gasteiger charge is -2.28. The summed E-state index contributed by atoms with van der Waals surface area (Å²) in [4.78, 5) is 23.6. The van der Waals surface area contributed by atoms with Gasteiger partial charge in [-0.05, 0) is 51.6 Å². The zero-order chi connectivity index (χ0) is 15.8. The Morgan fingerprint density at radius 1 is 1.18 bits per heavy atom. The van der Waals surface area contributed by atoms with Crippen molar-refractivity contribution in [2.24, 2.45) is 17.8 Å². The zero-order valence-corrected chi connectivity index (χ0v) is 15.0. The molecular weight excluding hydrogens is 304 g/mol. The third-order valence-corrected chi connectivity index (χ3v) is 4.06. The van der Waals surface area contributed by atoms with Crippen molar-refractivity contribution in [1.82, 2.24) is 10.6 Å². The number of hydrogen-bond acceptors (Lipinski definition) is 4. The summed E-state index contributed by atoms with van der Waals surface area (Å²) in [7, 11) is 0. The Morgan fingerprint density at radius 2 is 1.77 bits per heavy atom. The largest absolute Gasteiger partial charge is 0.463 e. The quantitative estimate of drug-likeness (QED) is 0.700. The molecule has 0 aromatic rings. The minimum absolute atomic E-state index is 0. The van der Waals surface area contributed by atoms with Crippen LogP contribution in [0.2, 0.25) is 0 Å². The standard InChI is InChI=1S/C16H30N2O3.ClH/c1-11(2)21-16(20)13(4)10-18-15(19)9-12(3)14-5-7-17-8-6-14;/h11-14,17H,5-10H2,1-4H3,(H,18,19);1H. The molecule has 1 rings (SSSR count). The van der Waals surface area contributed by atoms with Gasteiger partial charge in [-0.2, -0.15) is 0 Å². The van der Waals surface area contributed by atoms with E-state index in [4.69, 9.17) is 4.74 Å². The maximum Gasteiger partial charge on any atom is 0.310 e. The highest BCUT2D eigenvalue weighted by Gasteiger charge is 2.23. The molecular formula is C16H31ClN2O3. The number of ether oxygens (including phenoxy) is 1. The second kappa shape index (κ2) is 10.8. The molecule has 22 heavy (non-hydrogen) atoms. The van der Waals surface area contributed by atoms with E-state index in [2.05, 4.69) is 17.6 Å². The number of carbonyl (C=O) groups excluding carboxylic acids is 2. The first kappa shape index (κ1) is 21.2. The normalized spacial score (nSPS) is 18.2. The number of halogens is 1. The molecule has 1 amide bonds. The fourth-order valence-corrected chi connectivity index (χ4v) is 2.64. The summed E-state index contributed by atoms with van der Waals surface area (Å²) in [5, 5.41) is 6.19. The van der Waals surface area contributed by atoms with E-state index in [0.29, 0.717) is 24.8 Å². The number of nitrogens with one attached hydrogen (secondary N) is 2. The number of piperidine rings is 1. The van der Waals surface area contributed by atoms with E-state index in [9.17, 15) is 9.59 Å². The number of hydrogen-bond donors (Lipinski definition) is 2. The Kier molecular flexibility index (Phi) is 10.4. The van der Waals surface area contributed by atoms with E-state index in [1.165, 1.54) is 0 Å². The van der Waals surface area contributed by atoms with Crippen molar-refractivity contribution in [2.75, 3.05) is 19.6 Å². The first-order valence-electron chi connectivity index (χ1n) is 8.08. The van der Waals surface area contributed by atoms with E-state index >= 15 is 0 Å². The van der Waals surface area contributed by atoms with Crippen molar-refractivity contribution < 1.29 is 14.3 Å². The molecule has 130 valence electrons. The van der Waals surface area contributed by atoms with Crippen molar-refractivity contribution in [3.63, 3.8) is 0 Å². The van der Waals surface area contributed by atoms with E-state index in [1.807, 2.05) is 13.8 Å². The van der Waals surface area contributed by atoms with Crippen LogP contribution in [0.1, 0.15) is 47.0 Å². The fourth-order valence-electron chi connectivity index (χ4n) is 2.64. The molecule has 0 aliphatic carbocycles. The Bertz CT molecular complexity index is 344. The minimum atomic E-state index is -0.300. The summed E-state index contributed by atoms with van der Waals surface area (Å²) in [5.41, 5.74) is 0. The highest BCUT2D eigenvalue weighted by molar-refractivity contribution is 5.85. The molecule has 5 nitrogen and oxygen atoms in total. The molecule has 6 heteroatoms.